The average molecular weight is 462 g/mol. The number of nitrogens with zero attached hydrogens (tertiary/aromatic N) is 2. The summed E-state index contributed by atoms with van der Waals surface area (Å²) in [5.41, 5.74) is 4.45. The third-order valence-corrected chi connectivity index (χ3v) is 5.70. The molecule has 4 aromatic rings. The van der Waals surface area contributed by atoms with Gasteiger partial charge in [0.2, 0.25) is 0 Å². The molecule has 33 heavy (non-hydrogen) atoms. The minimum Gasteiger partial charge on any atom is -0.352 e. The van der Waals surface area contributed by atoms with Gasteiger partial charge in [-0.2, -0.15) is 0 Å². The Morgan fingerprint density at radius 3 is 2.42 bits per heavy atom. The second-order valence-corrected chi connectivity index (χ2v) is 8.82. The van der Waals surface area contributed by atoms with Crippen LogP contribution in [0.15, 0.2) is 72.9 Å². The molecule has 0 aliphatic heterocycles. The molecule has 3 aromatic carbocycles. The van der Waals surface area contributed by atoms with E-state index in [1.54, 1.807) is 12.1 Å². The summed E-state index contributed by atoms with van der Waals surface area (Å²) < 4.78 is 15.2. The maximum Gasteiger partial charge on any atom is 0.251 e. The summed E-state index contributed by atoms with van der Waals surface area (Å²) in [6, 6.07) is 19.4. The molecule has 4 rings (SSSR count). The van der Waals surface area contributed by atoms with Crippen LogP contribution in [0, 0.1) is 11.7 Å². The fourth-order valence-corrected chi connectivity index (χ4v) is 3.91. The van der Waals surface area contributed by atoms with Crippen molar-refractivity contribution < 1.29 is 9.18 Å². The van der Waals surface area contributed by atoms with Crippen LogP contribution in [-0.2, 0) is 7.05 Å². The highest BCUT2D eigenvalue weighted by atomic mass is 35.5. The number of halogens is 2. The maximum absolute atomic E-state index is 13.3. The van der Waals surface area contributed by atoms with Gasteiger partial charge in [-0.25, -0.2) is 9.37 Å². The Kier molecular flexibility index (Phi) is 6.61. The van der Waals surface area contributed by atoms with Gasteiger partial charge in [-0.3, -0.25) is 4.79 Å². The molecule has 1 aromatic heterocycles. The smallest absolute Gasteiger partial charge is 0.251 e. The van der Waals surface area contributed by atoms with Crippen LogP contribution in [0.4, 0.5) is 4.39 Å². The van der Waals surface area contributed by atoms with E-state index in [-0.39, 0.29) is 11.7 Å². The van der Waals surface area contributed by atoms with Crippen molar-refractivity contribution in [3.05, 3.63) is 89.3 Å². The standard InChI is InChI=1S/C27H25ClFN3O/c1-17(2)15-30-27(33)23-14-19(10-13-21(23)22-6-4-5-7-24(22)28)25-16-32(3)26(31-25)18-8-11-20(29)12-9-18/h4-14,16-17H,15H2,1-3H3,(H,30,33). The second kappa shape index (κ2) is 9.59. The minimum absolute atomic E-state index is 0.157. The van der Waals surface area contributed by atoms with Gasteiger partial charge in [0.05, 0.1) is 5.69 Å². The lowest BCUT2D eigenvalue weighted by molar-refractivity contribution is 0.0949. The van der Waals surface area contributed by atoms with Crippen LogP contribution in [0.1, 0.15) is 24.2 Å². The number of amides is 1. The summed E-state index contributed by atoms with van der Waals surface area (Å²) in [5.74, 6) is 0.594. The highest BCUT2D eigenvalue weighted by molar-refractivity contribution is 6.33. The molecule has 0 saturated carbocycles. The molecule has 0 unspecified atom stereocenters. The summed E-state index contributed by atoms with van der Waals surface area (Å²) in [6.07, 6.45) is 1.90. The number of nitrogens with one attached hydrogen (secondary N) is 1. The minimum atomic E-state index is -0.291. The number of benzene rings is 3. The Hall–Kier alpha value is -3.44. The van der Waals surface area contributed by atoms with Crippen LogP contribution in [0.3, 0.4) is 0 Å². The van der Waals surface area contributed by atoms with E-state index in [2.05, 4.69) is 19.2 Å². The van der Waals surface area contributed by atoms with Crippen molar-refractivity contribution in [1.29, 1.82) is 0 Å². The Labute approximate surface area is 198 Å². The van der Waals surface area contributed by atoms with Crippen LogP contribution in [0.5, 0.6) is 0 Å². The number of aromatic nitrogens is 2. The van der Waals surface area contributed by atoms with Crippen LogP contribution in [0.2, 0.25) is 5.02 Å². The quantitative estimate of drug-likeness (QED) is 0.351. The molecule has 1 N–H and O–H groups in total. The van der Waals surface area contributed by atoms with E-state index in [0.29, 0.717) is 28.9 Å². The molecule has 168 valence electrons. The molecule has 1 heterocycles. The second-order valence-electron chi connectivity index (χ2n) is 8.41. The number of aryl methyl sites for hydroxylation is 1. The number of carbonyl (C=O) groups excluding carboxylic acids is 1. The molecule has 0 spiro atoms. The molecule has 0 aliphatic rings. The van der Waals surface area contributed by atoms with Gasteiger partial charge in [0, 0.05) is 47.1 Å². The molecule has 6 heteroatoms. The van der Waals surface area contributed by atoms with Crippen LogP contribution in [0.25, 0.3) is 33.8 Å². The van der Waals surface area contributed by atoms with Crippen molar-refractivity contribution in [2.45, 2.75) is 13.8 Å². The lowest BCUT2D eigenvalue weighted by atomic mass is 9.96. The molecule has 0 radical (unpaired) electrons. The van der Waals surface area contributed by atoms with Gasteiger partial charge >= 0.3 is 0 Å². The van der Waals surface area contributed by atoms with Crippen LogP contribution in [-0.4, -0.2) is 22.0 Å². The molecule has 0 bridgehead atoms. The largest absolute Gasteiger partial charge is 0.352 e. The summed E-state index contributed by atoms with van der Waals surface area (Å²) in [5, 5.41) is 3.59. The van der Waals surface area contributed by atoms with Gasteiger partial charge in [-0.15, -0.1) is 0 Å². The summed E-state index contributed by atoms with van der Waals surface area (Å²) >= 11 is 6.45. The summed E-state index contributed by atoms with van der Waals surface area (Å²) in [7, 11) is 1.89. The Morgan fingerprint density at radius 2 is 1.73 bits per heavy atom. The molecule has 0 fully saturated rings. The first-order valence-corrected chi connectivity index (χ1v) is 11.2. The van der Waals surface area contributed by atoms with Crippen LogP contribution < -0.4 is 5.32 Å². The lowest BCUT2D eigenvalue weighted by Crippen LogP contribution is -2.27. The first-order valence-electron chi connectivity index (χ1n) is 10.8. The zero-order valence-corrected chi connectivity index (χ0v) is 19.5. The zero-order chi connectivity index (χ0) is 23.5. The highest BCUT2D eigenvalue weighted by Gasteiger charge is 2.18. The zero-order valence-electron chi connectivity index (χ0n) is 18.8. The third kappa shape index (κ3) is 4.99. The predicted octanol–water partition coefficient (Wildman–Crippen LogP) is 6.60. The molecule has 0 aliphatic carbocycles. The Bertz CT molecular complexity index is 1300. The monoisotopic (exact) mass is 461 g/mol. The topological polar surface area (TPSA) is 46.9 Å². The number of carbonyl (C=O) groups is 1. The van der Waals surface area contributed by atoms with Gasteiger partial charge in [0.15, 0.2) is 0 Å². The van der Waals surface area contributed by atoms with Crippen molar-refractivity contribution in [2.24, 2.45) is 13.0 Å². The Morgan fingerprint density at radius 1 is 1.03 bits per heavy atom. The van der Waals surface area contributed by atoms with Crippen molar-refractivity contribution in [3.8, 4) is 33.8 Å². The fourth-order valence-electron chi connectivity index (χ4n) is 3.67. The third-order valence-electron chi connectivity index (χ3n) is 5.37. The first-order chi connectivity index (χ1) is 15.8. The van der Waals surface area contributed by atoms with E-state index < -0.39 is 0 Å². The predicted molar refractivity (Wildman–Crippen MR) is 132 cm³/mol. The number of rotatable bonds is 6. The molecule has 0 saturated heterocycles. The summed E-state index contributed by atoms with van der Waals surface area (Å²) in [4.78, 5) is 17.9. The average Bonchev–Trinajstić information content (AvgIpc) is 3.19. The van der Waals surface area contributed by atoms with Crippen LogP contribution >= 0.6 is 11.6 Å². The fraction of sp³-hybridized carbons (Fsp3) is 0.185. The molecule has 1 amide bonds. The van der Waals surface area contributed by atoms with Gasteiger partial charge in [0.25, 0.3) is 5.91 Å². The maximum atomic E-state index is 13.3. The van der Waals surface area contributed by atoms with Gasteiger partial charge in [0.1, 0.15) is 11.6 Å². The van der Waals surface area contributed by atoms with Crippen molar-refractivity contribution in [3.63, 3.8) is 0 Å². The summed E-state index contributed by atoms with van der Waals surface area (Å²) in [6.45, 7) is 4.68. The number of hydrogen-bond acceptors (Lipinski definition) is 2. The van der Waals surface area contributed by atoms with Crippen molar-refractivity contribution in [2.75, 3.05) is 6.54 Å². The molecular formula is C27H25ClFN3O. The highest BCUT2D eigenvalue weighted by Crippen LogP contribution is 2.33. The van der Waals surface area contributed by atoms with E-state index in [9.17, 15) is 9.18 Å². The van der Waals surface area contributed by atoms with Gasteiger partial charge in [-0.05, 0) is 47.9 Å². The lowest BCUT2D eigenvalue weighted by Gasteiger charge is -2.14. The Balaban J connectivity index is 1.78. The van der Waals surface area contributed by atoms with E-state index in [1.807, 2.05) is 60.3 Å². The molecule has 0 atom stereocenters. The van der Waals surface area contributed by atoms with Crippen molar-refractivity contribution >= 4 is 17.5 Å². The van der Waals surface area contributed by atoms with Crippen molar-refractivity contribution in [1.82, 2.24) is 14.9 Å². The van der Waals surface area contributed by atoms with Gasteiger partial charge in [-0.1, -0.05) is 55.8 Å². The number of imidazole rings is 1. The number of hydrogen-bond donors (Lipinski definition) is 1. The normalized spacial score (nSPS) is 11.1. The molecule has 4 nitrogen and oxygen atoms in total. The van der Waals surface area contributed by atoms with E-state index >= 15 is 0 Å². The first kappa shape index (κ1) is 22.7. The van der Waals surface area contributed by atoms with E-state index in [1.165, 1.54) is 12.1 Å². The van der Waals surface area contributed by atoms with E-state index in [4.69, 9.17) is 16.6 Å². The molecular weight excluding hydrogens is 437 g/mol. The van der Waals surface area contributed by atoms with E-state index in [0.717, 1.165) is 27.9 Å². The van der Waals surface area contributed by atoms with Gasteiger partial charge < -0.3 is 9.88 Å². The SMILES string of the molecule is CC(C)CNC(=O)c1cc(-c2cn(C)c(-c3ccc(F)cc3)n2)ccc1-c1ccccc1Cl.